The summed E-state index contributed by atoms with van der Waals surface area (Å²) in [7, 11) is 0. The number of aliphatic hydroxyl groups excluding tert-OH is 1. The fraction of sp³-hybridized carbons (Fsp3) is 0.200. The number of rotatable bonds is 2. The fourth-order valence-corrected chi connectivity index (χ4v) is 1.89. The zero-order valence-corrected chi connectivity index (χ0v) is 8.53. The predicted octanol–water partition coefficient (Wildman–Crippen LogP) is 1.93. The number of aliphatic hydroxyl groups is 1. The molecule has 0 radical (unpaired) electrons. The molecule has 0 aliphatic carbocycles. The van der Waals surface area contributed by atoms with E-state index in [2.05, 4.69) is 9.97 Å². The first-order valence-electron chi connectivity index (χ1n) is 4.26. The molecule has 0 saturated carbocycles. The highest BCUT2D eigenvalue weighted by Gasteiger charge is 2.12. The van der Waals surface area contributed by atoms with Crippen molar-refractivity contribution in [1.29, 1.82) is 0 Å². The van der Waals surface area contributed by atoms with E-state index in [9.17, 15) is 5.11 Å². The number of aryl methyl sites for hydroxylation is 1. The van der Waals surface area contributed by atoms with Gasteiger partial charge in [0.1, 0.15) is 11.1 Å². The van der Waals surface area contributed by atoms with E-state index in [1.807, 2.05) is 18.4 Å². The Morgan fingerprint density at radius 2 is 2.29 bits per heavy atom. The molecule has 0 fully saturated rings. The van der Waals surface area contributed by atoms with Gasteiger partial charge in [0.15, 0.2) is 0 Å². The molecule has 1 N–H and O–H groups in total. The van der Waals surface area contributed by atoms with Crippen LogP contribution in [0.2, 0.25) is 0 Å². The number of nitrogens with zero attached hydrogens (tertiary/aromatic N) is 2. The number of aromatic nitrogens is 2. The Bertz CT molecular complexity index is 414. The Balaban J connectivity index is 2.32. The Hall–Kier alpha value is -1.26. The molecule has 4 heteroatoms. The molecule has 1 atom stereocenters. The smallest absolute Gasteiger partial charge is 0.132 e. The summed E-state index contributed by atoms with van der Waals surface area (Å²) in [5.74, 6) is 0. The molecule has 0 amide bonds. The quantitative estimate of drug-likeness (QED) is 0.816. The molecule has 3 nitrogen and oxygen atoms in total. The second-order valence-corrected chi connectivity index (χ2v) is 3.99. The van der Waals surface area contributed by atoms with Crippen molar-refractivity contribution in [1.82, 2.24) is 9.97 Å². The number of hydrogen-bond donors (Lipinski definition) is 1. The standard InChI is InChI=1S/C10H10N2OS/c1-7-4-8(6-11-5-7)9(13)10-12-2-3-14-10/h2-6,9,13H,1H3. The molecule has 0 bridgehead atoms. The Kier molecular flexibility index (Phi) is 2.56. The third-order valence-corrected chi connectivity index (χ3v) is 2.73. The summed E-state index contributed by atoms with van der Waals surface area (Å²) in [5, 5.41) is 12.5. The van der Waals surface area contributed by atoms with Gasteiger partial charge >= 0.3 is 0 Å². The van der Waals surface area contributed by atoms with E-state index >= 15 is 0 Å². The zero-order valence-electron chi connectivity index (χ0n) is 7.71. The van der Waals surface area contributed by atoms with Gasteiger partial charge in [-0.1, -0.05) is 0 Å². The van der Waals surface area contributed by atoms with Crippen molar-refractivity contribution < 1.29 is 5.11 Å². The first-order valence-corrected chi connectivity index (χ1v) is 5.14. The summed E-state index contributed by atoms with van der Waals surface area (Å²) in [6.45, 7) is 1.95. The summed E-state index contributed by atoms with van der Waals surface area (Å²) < 4.78 is 0. The van der Waals surface area contributed by atoms with Gasteiger partial charge in [-0.25, -0.2) is 4.98 Å². The van der Waals surface area contributed by atoms with Gasteiger partial charge in [-0.2, -0.15) is 0 Å². The molecule has 0 aromatic carbocycles. The summed E-state index contributed by atoms with van der Waals surface area (Å²) >= 11 is 1.44. The topological polar surface area (TPSA) is 46.0 Å². The highest BCUT2D eigenvalue weighted by Crippen LogP contribution is 2.23. The number of hydrogen-bond acceptors (Lipinski definition) is 4. The van der Waals surface area contributed by atoms with E-state index in [1.165, 1.54) is 11.3 Å². The van der Waals surface area contributed by atoms with Crippen LogP contribution in [-0.4, -0.2) is 15.1 Å². The molecule has 0 spiro atoms. The lowest BCUT2D eigenvalue weighted by Gasteiger charge is -2.07. The van der Waals surface area contributed by atoms with E-state index in [-0.39, 0.29) is 0 Å². The predicted molar refractivity (Wildman–Crippen MR) is 55.1 cm³/mol. The van der Waals surface area contributed by atoms with Crippen molar-refractivity contribution in [2.45, 2.75) is 13.0 Å². The monoisotopic (exact) mass is 206 g/mol. The minimum absolute atomic E-state index is 0.651. The van der Waals surface area contributed by atoms with Gasteiger partial charge in [-0.15, -0.1) is 11.3 Å². The van der Waals surface area contributed by atoms with Crippen LogP contribution in [0, 0.1) is 6.92 Å². The normalized spacial score (nSPS) is 12.7. The maximum atomic E-state index is 9.91. The maximum absolute atomic E-state index is 9.91. The summed E-state index contributed by atoms with van der Waals surface area (Å²) in [5.41, 5.74) is 1.83. The van der Waals surface area contributed by atoms with Crippen LogP contribution in [0.3, 0.4) is 0 Å². The van der Waals surface area contributed by atoms with Gasteiger partial charge < -0.3 is 5.11 Å². The summed E-state index contributed by atoms with van der Waals surface area (Å²) in [6, 6.07) is 1.92. The van der Waals surface area contributed by atoms with Gasteiger partial charge in [0.05, 0.1) is 0 Å². The zero-order chi connectivity index (χ0) is 9.97. The molecule has 0 aliphatic heterocycles. The number of pyridine rings is 1. The van der Waals surface area contributed by atoms with Crippen molar-refractivity contribution in [2.24, 2.45) is 0 Å². The summed E-state index contributed by atoms with van der Waals surface area (Å²) in [6.07, 6.45) is 4.46. The fourth-order valence-electron chi connectivity index (χ4n) is 1.24. The first kappa shape index (κ1) is 9.30. The van der Waals surface area contributed by atoms with Crippen molar-refractivity contribution in [3.05, 3.63) is 46.2 Å². The van der Waals surface area contributed by atoms with Gasteiger partial charge in [0.25, 0.3) is 0 Å². The van der Waals surface area contributed by atoms with E-state index in [4.69, 9.17) is 0 Å². The van der Waals surface area contributed by atoms with E-state index < -0.39 is 6.10 Å². The van der Waals surface area contributed by atoms with Crippen molar-refractivity contribution in [3.8, 4) is 0 Å². The highest BCUT2D eigenvalue weighted by atomic mass is 32.1. The van der Waals surface area contributed by atoms with Crippen LogP contribution in [-0.2, 0) is 0 Å². The van der Waals surface area contributed by atoms with Gasteiger partial charge in [0, 0.05) is 29.5 Å². The van der Waals surface area contributed by atoms with Crippen molar-refractivity contribution in [2.75, 3.05) is 0 Å². The van der Waals surface area contributed by atoms with Gasteiger partial charge in [0.2, 0.25) is 0 Å². The molecule has 14 heavy (non-hydrogen) atoms. The van der Waals surface area contributed by atoms with Crippen LogP contribution < -0.4 is 0 Å². The van der Waals surface area contributed by atoms with Crippen LogP contribution in [0.4, 0.5) is 0 Å². The van der Waals surface area contributed by atoms with Crippen LogP contribution in [0.25, 0.3) is 0 Å². The third-order valence-electron chi connectivity index (χ3n) is 1.90. The Labute approximate surface area is 86.1 Å². The second-order valence-electron chi connectivity index (χ2n) is 3.07. The van der Waals surface area contributed by atoms with Crippen molar-refractivity contribution >= 4 is 11.3 Å². The lowest BCUT2D eigenvalue weighted by molar-refractivity contribution is 0.219. The molecule has 72 valence electrons. The number of thiazole rings is 1. The second kappa shape index (κ2) is 3.86. The molecular formula is C10H10N2OS. The lowest BCUT2D eigenvalue weighted by atomic mass is 10.1. The van der Waals surface area contributed by atoms with E-state index in [0.717, 1.165) is 11.1 Å². The van der Waals surface area contributed by atoms with Crippen LogP contribution in [0.15, 0.2) is 30.0 Å². The van der Waals surface area contributed by atoms with Gasteiger partial charge in [-0.05, 0) is 18.6 Å². The minimum Gasteiger partial charge on any atom is -0.381 e. The molecule has 2 aromatic heterocycles. The minimum atomic E-state index is -0.651. The average Bonchev–Trinajstić information content (AvgIpc) is 2.69. The Morgan fingerprint density at radius 1 is 1.43 bits per heavy atom. The van der Waals surface area contributed by atoms with Crippen molar-refractivity contribution in [3.63, 3.8) is 0 Å². The maximum Gasteiger partial charge on any atom is 0.132 e. The first-order chi connectivity index (χ1) is 6.77. The van der Waals surface area contributed by atoms with Gasteiger partial charge in [-0.3, -0.25) is 4.98 Å². The highest BCUT2D eigenvalue weighted by molar-refractivity contribution is 7.09. The third kappa shape index (κ3) is 1.81. The molecule has 2 aromatic rings. The van der Waals surface area contributed by atoms with Crippen LogP contribution >= 0.6 is 11.3 Å². The molecular weight excluding hydrogens is 196 g/mol. The van der Waals surface area contributed by atoms with E-state index in [1.54, 1.807) is 18.6 Å². The molecule has 0 saturated heterocycles. The van der Waals surface area contributed by atoms with Crippen LogP contribution in [0.5, 0.6) is 0 Å². The molecule has 2 heterocycles. The Morgan fingerprint density at radius 3 is 2.93 bits per heavy atom. The average molecular weight is 206 g/mol. The largest absolute Gasteiger partial charge is 0.381 e. The molecule has 1 unspecified atom stereocenters. The summed E-state index contributed by atoms with van der Waals surface area (Å²) in [4.78, 5) is 8.09. The molecule has 2 rings (SSSR count). The van der Waals surface area contributed by atoms with E-state index in [0.29, 0.717) is 5.01 Å². The SMILES string of the molecule is Cc1cncc(C(O)c2nccs2)c1. The lowest BCUT2D eigenvalue weighted by Crippen LogP contribution is -1.99. The van der Waals surface area contributed by atoms with Crippen LogP contribution in [0.1, 0.15) is 22.2 Å². The molecule has 0 aliphatic rings.